The Balaban J connectivity index is 1.90. The van der Waals surface area contributed by atoms with Crippen molar-refractivity contribution in [3.63, 3.8) is 0 Å². The van der Waals surface area contributed by atoms with Crippen molar-refractivity contribution < 1.29 is 4.74 Å². The van der Waals surface area contributed by atoms with Crippen molar-refractivity contribution >= 4 is 0 Å². The fraction of sp³-hybridized carbons (Fsp3) is 0.769. The molecule has 0 aliphatic carbocycles. The zero-order valence-electron chi connectivity index (χ0n) is 11.6. The predicted molar refractivity (Wildman–Crippen MR) is 71.4 cm³/mol. The van der Waals surface area contributed by atoms with E-state index in [0.717, 1.165) is 38.5 Å². The average molecular weight is 252 g/mol. The Morgan fingerprint density at radius 3 is 3.06 bits per heavy atom. The third-order valence-electron chi connectivity index (χ3n) is 3.25. The van der Waals surface area contributed by atoms with E-state index in [2.05, 4.69) is 35.2 Å². The topological polar surface area (TPSA) is 42.3 Å². The molecule has 18 heavy (non-hydrogen) atoms. The highest BCUT2D eigenvalue weighted by Crippen LogP contribution is 2.10. The van der Waals surface area contributed by atoms with Crippen LogP contribution in [0.4, 0.5) is 0 Å². The van der Waals surface area contributed by atoms with Crippen LogP contribution in [-0.4, -0.2) is 53.1 Å². The van der Waals surface area contributed by atoms with Crippen molar-refractivity contribution in [3.8, 4) is 0 Å². The van der Waals surface area contributed by atoms with E-state index in [1.54, 1.807) is 0 Å². The van der Waals surface area contributed by atoms with Gasteiger partial charge in [0, 0.05) is 45.0 Å². The normalized spacial score (nSPS) is 21.7. The highest BCUT2D eigenvalue weighted by Gasteiger charge is 2.23. The number of rotatable bonds is 5. The summed E-state index contributed by atoms with van der Waals surface area (Å²) in [7, 11) is 1.96. The Morgan fingerprint density at radius 2 is 2.39 bits per heavy atom. The summed E-state index contributed by atoms with van der Waals surface area (Å²) < 4.78 is 7.44. The molecule has 0 bridgehead atoms. The number of aromatic nitrogens is 2. The van der Waals surface area contributed by atoms with Gasteiger partial charge in [0.2, 0.25) is 0 Å². The molecule has 2 heterocycles. The van der Waals surface area contributed by atoms with Crippen LogP contribution in [0.25, 0.3) is 0 Å². The maximum atomic E-state index is 5.58. The number of morpholine rings is 1. The third kappa shape index (κ3) is 3.80. The lowest BCUT2D eigenvalue weighted by Gasteiger charge is -2.35. The molecule has 0 spiro atoms. The number of ether oxygens (including phenoxy) is 1. The monoisotopic (exact) mass is 252 g/mol. The fourth-order valence-electron chi connectivity index (χ4n) is 2.21. The molecule has 1 aliphatic rings. The molecule has 0 radical (unpaired) electrons. The fourth-order valence-corrected chi connectivity index (χ4v) is 2.21. The Kier molecular flexibility index (Phi) is 4.74. The van der Waals surface area contributed by atoms with Crippen LogP contribution in [0.1, 0.15) is 19.5 Å². The standard InChI is InChI=1S/C13H24N4O/c1-11(2)14-8-13-10-18-7-6-17(13)9-12-4-5-16(3)15-12/h4-5,11,13-14H,6-10H2,1-3H3. The minimum Gasteiger partial charge on any atom is -0.378 e. The molecule has 1 fully saturated rings. The zero-order valence-corrected chi connectivity index (χ0v) is 11.6. The molecular formula is C13H24N4O. The Bertz CT molecular complexity index is 364. The molecule has 2 rings (SSSR count). The highest BCUT2D eigenvalue weighted by molar-refractivity contribution is 4.99. The van der Waals surface area contributed by atoms with Gasteiger partial charge in [0.15, 0.2) is 0 Å². The summed E-state index contributed by atoms with van der Waals surface area (Å²) in [6, 6.07) is 3.05. The molecule has 1 unspecified atom stereocenters. The van der Waals surface area contributed by atoms with Crippen LogP contribution in [0.15, 0.2) is 12.3 Å². The first-order chi connectivity index (χ1) is 8.65. The molecule has 0 aromatic carbocycles. The van der Waals surface area contributed by atoms with Gasteiger partial charge in [-0.25, -0.2) is 0 Å². The molecule has 0 saturated carbocycles. The molecule has 1 atom stereocenters. The molecule has 5 nitrogen and oxygen atoms in total. The maximum Gasteiger partial charge on any atom is 0.0764 e. The van der Waals surface area contributed by atoms with Crippen molar-refractivity contribution in [1.29, 1.82) is 0 Å². The molecule has 1 aliphatic heterocycles. The van der Waals surface area contributed by atoms with Crippen LogP contribution < -0.4 is 5.32 Å². The number of nitrogens with one attached hydrogen (secondary N) is 1. The van der Waals surface area contributed by atoms with Crippen molar-refractivity contribution in [1.82, 2.24) is 20.0 Å². The molecule has 1 aromatic rings. The van der Waals surface area contributed by atoms with E-state index < -0.39 is 0 Å². The van der Waals surface area contributed by atoms with Gasteiger partial charge in [0.05, 0.1) is 18.9 Å². The van der Waals surface area contributed by atoms with E-state index in [-0.39, 0.29) is 0 Å². The smallest absolute Gasteiger partial charge is 0.0764 e. The maximum absolute atomic E-state index is 5.58. The number of aryl methyl sites for hydroxylation is 1. The van der Waals surface area contributed by atoms with Crippen molar-refractivity contribution in [2.75, 3.05) is 26.3 Å². The predicted octanol–water partition coefficient (Wildman–Crippen LogP) is 0.619. The van der Waals surface area contributed by atoms with E-state index in [4.69, 9.17) is 4.74 Å². The molecule has 5 heteroatoms. The van der Waals surface area contributed by atoms with Crippen LogP contribution in [0.5, 0.6) is 0 Å². The van der Waals surface area contributed by atoms with E-state index >= 15 is 0 Å². The van der Waals surface area contributed by atoms with Crippen LogP contribution in [0, 0.1) is 0 Å². The minimum absolute atomic E-state index is 0.447. The van der Waals surface area contributed by atoms with Crippen LogP contribution in [0.2, 0.25) is 0 Å². The van der Waals surface area contributed by atoms with Crippen molar-refractivity contribution in [2.45, 2.75) is 32.5 Å². The second-order valence-electron chi connectivity index (χ2n) is 5.24. The van der Waals surface area contributed by atoms with Crippen LogP contribution in [-0.2, 0) is 18.3 Å². The van der Waals surface area contributed by atoms with Gasteiger partial charge in [-0.05, 0) is 6.07 Å². The van der Waals surface area contributed by atoms with E-state index in [1.807, 2.05) is 17.9 Å². The molecule has 1 saturated heterocycles. The summed E-state index contributed by atoms with van der Waals surface area (Å²) in [5, 5.41) is 7.94. The zero-order chi connectivity index (χ0) is 13.0. The summed E-state index contributed by atoms with van der Waals surface area (Å²) >= 11 is 0. The first-order valence-electron chi connectivity index (χ1n) is 6.69. The second kappa shape index (κ2) is 6.31. The third-order valence-corrected chi connectivity index (χ3v) is 3.25. The Morgan fingerprint density at radius 1 is 1.56 bits per heavy atom. The Labute approximate surface area is 109 Å². The van der Waals surface area contributed by atoms with Crippen molar-refractivity contribution in [2.24, 2.45) is 7.05 Å². The van der Waals surface area contributed by atoms with Gasteiger partial charge in [0.1, 0.15) is 0 Å². The summed E-state index contributed by atoms with van der Waals surface area (Å²) in [6.07, 6.45) is 2.00. The lowest BCUT2D eigenvalue weighted by molar-refractivity contribution is -0.0120. The molecular weight excluding hydrogens is 228 g/mol. The number of hydrogen-bond donors (Lipinski definition) is 1. The summed E-state index contributed by atoms with van der Waals surface area (Å²) in [4.78, 5) is 2.46. The minimum atomic E-state index is 0.447. The second-order valence-corrected chi connectivity index (χ2v) is 5.24. The molecule has 1 aromatic heterocycles. The Hall–Kier alpha value is -0.910. The number of nitrogens with zero attached hydrogens (tertiary/aromatic N) is 3. The van der Waals surface area contributed by atoms with Gasteiger partial charge >= 0.3 is 0 Å². The average Bonchev–Trinajstić information content (AvgIpc) is 2.73. The van der Waals surface area contributed by atoms with Gasteiger partial charge in [-0.2, -0.15) is 5.10 Å². The van der Waals surface area contributed by atoms with E-state index in [9.17, 15) is 0 Å². The molecule has 0 amide bonds. The largest absolute Gasteiger partial charge is 0.378 e. The summed E-state index contributed by atoms with van der Waals surface area (Å²) in [6.45, 7) is 8.86. The molecule has 1 N–H and O–H groups in total. The van der Waals surface area contributed by atoms with Gasteiger partial charge in [-0.15, -0.1) is 0 Å². The number of hydrogen-bond acceptors (Lipinski definition) is 4. The van der Waals surface area contributed by atoms with Gasteiger partial charge < -0.3 is 10.1 Å². The lowest BCUT2D eigenvalue weighted by atomic mass is 10.2. The SMILES string of the molecule is CC(C)NCC1COCCN1Cc1ccn(C)n1. The first kappa shape index (κ1) is 13.5. The van der Waals surface area contributed by atoms with E-state index in [1.165, 1.54) is 0 Å². The quantitative estimate of drug-likeness (QED) is 0.834. The van der Waals surface area contributed by atoms with Gasteiger partial charge in [0.25, 0.3) is 0 Å². The van der Waals surface area contributed by atoms with Crippen LogP contribution >= 0.6 is 0 Å². The van der Waals surface area contributed by atoms with Crippen LogP contribution in [0.3, 0.4) is 0 Å². The molecule has 102 valence electrons. The van der Waals surface area contributed by atoms with Crippen molar-refractivity contribution in [3.05, 3.63) is 18.0 Å². The van der Waals surface area contributed by atoms with Gasteiger partial charge in [-0.3, -0.25) is 9.58 Å². The van der Waals surface area contributed by atoms with E-state index in [0.29, 0.717) is 12.1 Å². The summed E-state index contributed by atoms with van der Waals surface area (Å²) in [5.41, 5.74) is 1.13. The van der Waals surface area contributed by atoms with Gasteiger partial charge in [-0.1, -0.05) is 13.8 Å². The highest BCUT2D eigenvalue weighted by atomic mass is 16.5. The summed E-state index contributed by atoms with van der Waals surface area (Å²) in [5.74, 6) is 0. The lowest BCUT2D eigenvalue weighted by Crippen LogP contribution is -2.50. The first-order valence-corrected chi connectivity index (χ1v) is 6.69.